The molecule has 0 aliphatic heterocycles. The van der Waals surface area contributed by atoms with Crippen molar-refractivity contribution in [3.8, 4) is 22.8 Å². The van der Waals surface area contributed by atoms with E-state index in [1.54, 1.807) is 0 Å². The zero-order chi connectivity index (χ0) is 25.7. The molecule has 0 spiro atoms. The molecule has 2 aromatic carbocycles. The number of nitrogens with one attached hydrogen (secondary N) is 2. The quantitative estimate of drug-likeness (QED) is 0.233. The van der Waals surface area contributed by atoms with Crippen molar-refractivity contribution in [2.24, 2.45) is 0 Å². The molecule has 186 valence electrons. The third-order valence-electron chi connectivity index (χ3n) is 5.41. The summed E-state index contributed by atoms with van der Waals surface area (Å²) in [5.74, 6) is -0.209. The summed E-state index contributed by atoms with van der Waals surface area (Å²) >= 11 is 7.09. The van der Waals surface area contributed by atoms with Gasteiger partial charge in [0.2, 0.25) is 17.6 Å². The summed E-state index contributed by atoms with van der Waals surface area (Å²) in [6.45, 7) is 3.86. The summed E-state index contributed by atoms with van der Waals surface area (Å²) in [6.07, 6.45) is 2.61. The van der Waals surface area contributed by atoms with E-state index in [-0.39, 0.29) is 30.0 Å². The number of carbonyl (C=O) groups excluding carboxylic acids is 2. The van der Waals surface area contributed by atoms with Gasteiger partial charge in [-0.05, 0) is 31.2 Å². The van der Waals surface area contributed by atoms with Crippen LogP contribution in [0.1, 0.15) is 18.1 Å². The van der Waals surface area contributed by atoms with Crippen LogP contribution in [0, 0.1) is 6.92 Å². The van der Waals surface area contributed by atoms with Crippen molar-refractivity contribution in [2.75, 3.05) is 22.8 Å². The molecule has 0 atom stereocenters. The Morgan fingerprint density at radius 3 is 2.53 bits per heavy atom. The molecule has 4 aromatic rings. The molecular weight excluding hydrogens is 500 g/mol. The molecule has 9 nitrogen and oxygen atoms in total. The maximum Gasteiger partial charge on any atom is 0.264 e. The van der Waals surface area contributed by atoms with Crippen molar-refractivity contribution < 1.29 is 14.1 Å². The van der Waals surface area contributed by atoms with E-state index in [1.165, 1.54) is 16.4 Å². The Kier molecular flexibility index (Phi) is 8.07. The minimum atomic E-state index is -0.457. The number of hydrogen-bond donors (Lipinski definition) is 2. The summed E-state index contributed by atoms with van der Waals surface area (Å²) in [5.41, 5.74) is 4.07. The molecule has 0 aliphatic rings. The van der Waals surface area contributed by atoms with E-state index in [1.807, 2.05) is 68.6 Å². The molecule has 2 N–H and O–H groups in total. The van der Waals surface area contributed by atoms with Gasteiger partial charge in [0, 0.05) is 11.3 Å². The van der Waals surface area contributed by atoms with Gasteiger partial charge in [0.15, 0.2) is 0 Å². The minimum Gasteiger partial charge on any atom is -0.333 e. The second-order valence-electron chi connectivity index (χ2n) is 7.92. The Morgan fingerprint density at radius 2 is 1.83 bits per heavy atom. The molecule has 0 saturated heterocycles. The smallest absolute Gasteiger partial charge is 0.264 e. The monoisotopic (exact) mass is 524 g/mol. The lowest BCUT2D eigenvalue weighted by Crippen LogP contribution is -2.23. The maximum absolute atomic E-state index is 13.0. The molecule has 0 unspecified atom stereocenters. The van der Waals surface area contributed by atoms with Crippen LogP contribution >= 0.6 is 23.4 Å². The highest BCUT2D eigenvalue weighted by Crippen LogP contribution is 2.36. The first kappa shape index (κ1) is 25.5. The van der Waals surface area contributed by atoms with Gasteiger partial charge in [0.05, 0.1) is 0 Å². The number of hydrogen-bond acceptors (Lipinski definition) is 7. The Hall–Kier alpha value is -3.63. The van der Waals surface area contributed by atoms with E-state index in [2.05, 4.69) is 25.9 Å². The Labute approximate surface area is 217 Å². The van der Waals surface area contributed by atoms with E-state index in [0.717, 1.165) is 28.8 Å². The highest BCUT2D eigenvalue weighted by molar-refractivity contribution is 7.98. The van der Waals surface area contributed by atoms with Gasteiger partial charge in [-0.2, -0.15) is 10.1 Å². The van der Waals surface area contributed by atoms with Crippen LogP contribution in [0.3, 0.4) is 0 Å². The first-order chi connectivity index (χ1) is 17.4. The van der Waals surface area contributed by atoms with Crippen molar-refractivity contribution in [1.29, 1.82) is 0 Å². The molecule has 0 aliphatic carbocycles. The molecule has 2 heterocycles. The molecule has 0 bridgehead atoms. The van der Waals surface area contributed by atoms with E-state index in [9.17, 15) is 9.59 Å². The molecular formula is C25H25ClN6O3S. The Morgan fingerprint density at radius 1 is 1.08 bits per heavy atom. The predicted molar refractivity (Wildman–Crippen MR) is 141 cm³/mol. The number of benzene rings is 2. The second-order valence-corrected chi connectivity index (χ2v) is 8.98. The number of thioether (sulfide) groups is 1. The lowest BCUT2D eigenvalue weighted by molar-refractivity contribution is -0.117. The molecule has 2 amide bonds. The van der Waals surface area contributed by atoms with Gasteiger partial charge in [0.25, 0.3) is 5.89 Å². The van der Waals surface area contributed by atoms with E-state index in [4.69, 9.17) is 16.1 Å². The van der Waals surface area contributed by atoms with Crippen molar-refractivity contribution in [2.45, 2.75) is 31.8 Å². The average Bonchev–Trinajstić information content (AvgIpc) is 3.49. The Bertz CT molecular complexity index is 1380. The van der Waals surface area contributed by atoms with Gasteiger partial charge in [0.1, 0.15) is 28.8 Å². The van der Waals surface area contributed by atoms with Crippen LogP contribution < -0.4 is 10.6 Å². The number of carbonyl (C=O) groups is 2. The second kappa shape index (κ2) is 11.4. The molecule has 2 aromatic heterocycles. The normalized spacial score (nSPS) is 10.9. The number of para-hydroxylation sites is 1. The van der Waals surface area contributed by atoms with Gasteiger partial charge < -0.3 is 15.2 Å². The maximum atomic E-state index is 13.0. The zero-order valence-corrected chi connectivity index (χ0v) is 21.6. The standard InChI is InChI=1S/C25H25ClN6O3S/c1-4-16-7-5-6-8-18(16)27-20(34)14-32-23(28-19(33)13-26)21(25(30-32)36-3)24-29-22(31-35-24)17-11-9-15(2)10-12-17/h5-12H,4,13-14H2,1-3H3,(H,27,34)(H,28,33). The molecule has 0 saturated carbocycles. The molecule has 36 heavy (non-hydrogen) atoms. The fourth-order valence-electron chi connectivity index (χ4n) is 3.60. The highest BCUT2D eigenvalue weighted by atomic mass is 35.5. The number of halogens is 1. The van der Waals surface area contributed by atoms with Gasteiger partial charge in [-0.1, -0.05) is 60.1 Å². The van der Waals surface area contributed by atoms with E-state index < -0.39 is 5.91 Å². The summed E-state index contributed by atoms with van der Waals surface area (Å²) in [6, 6.07) is 15.3. The van der Waals surface area contributed by atoms with Crippen LogP contribution in [0.2, 0.25) is 0 Å². The highest BCUT2D eigenvalue weighted by Gasteiger charge is 2.26. The number of rotatable bonds is 9. The zero-order valence-electron chi connectivity index (χ0n) is 20.0. The van der Waals surface area contributed by atoms with E-state index >= 15 is 0 Å². The average molecular weight is 525 g/mol. The molecule has 4 rings (SSSR count). The van der Waals surface area contributed by atoms with Crippen LogP contribution in [0.25, 0.3) is 22.8 Å². The lowest BCUT2D eigenvalue weighted by Gasteiger charge is -2.12. The summed E-state index contributed by atoms with van der Waals surface area (Å²) in [5, 5.41) is 14.8. The fraction of sp³-hybridized carbons (Fsp3) is 0.240. The molecule has 0 fully saturated rings. The Balaban J connectivity index is 1.70. The number of alkyl halides is 1. The van der Waals surface area contributed by atoms with Crippen LogP contribution in [-0.4, -0.2) is 43.9 Å². The summed E-state index contributed by atoms with van der Waals surface area (Å²) in [4.78, 5) is 29.8. The summed E-state index contributed by atoms with van der Waals surface area (Å²) < 4.78 is 6.97. The number of nitrogens with zero attached hydrogens (tertiary/aromatic N) is 4. The van der Waals surface area contributed by atoms with Gasteiger partial charge >= 0.3 is 0 Å². The van der Waals surface area contributed by atoms with Crippen molar-refractivity contribution in [3.63, 3.8) is 0 Å². The number of amides is 2. The van der Waals surface area contributed by atoms with Crippen LogP contribution in [0.15, 0.2) is 58.1 Å². The first-order valence-electron chi connectivity index (χ1n) is 11.2. The number of aromatic nitrogens is 4. The minimum absolute atomic E-state index is 0.150. The van der Waals surface area contributed by atoms with Crippen molar-refractivity contribution >= 4 is 46.7 Å². The van der Waals surface area contributed by atoms with Crippen molar-refractivity contribution in [1.82, 2.24) is 19.9 Å². The SMILES string of the molecule is CCc1ccccc1NC(=O)Cn1nc(SC)c(-c2nc(-c3ccc(C)cc3)no2)c1NC(=O)CCl. The van der Waals surface area contributed by atoms with Crippen LogP contribution in [0.4, 0.5) is 11.5 Å². The van der Waals surface area contributed by atoms with Crippen molar-refractivity contribution in [3.05, 3.63) is 59.7 Å². The van der Waals surface area contributed by atoms with Gasteiger partial charge in [-0.15, -0.1) is 23.4 Å². The molecule has 0 radical (unpaired) electrons. The van der Waals surface area contributed by atoms with E-state index in [0.29, 0.717) is 16.4 Å². The van der Waals surface area contributed by atoms with Crippen LogP contribution in [-0.2, 0) is 22.6 Å². The predicted octanol–water partition coefficient (Wildman–Crippen LogP) is 5.01. The topological polar surface area (TPSA) is 115 Å². The summed E-state index contributed by atoms with van der Waals surface area (Å²) in [7, 11) is 0. The fourth-order valence-corrected chi connectivity index (χ4v) is 4.24. The van der Waals surface area contributed by atoms with Crippen LogP contribution in [0.5, 0.6) is 0 Å². The number of aryl methyl sites for hydroxylation is 2. The lowest BCUT2D eigenvalue weighted by atomic mass is 10.1. The largest absolute Gasteiger partial charge is 0.333 e. The first-order valence-corrected chi connectivity index (χ1v) is 13.0. The van der Waals surface area contributed by atoms with Gasteiger partial charge in [-0.25, -0.2) is 4.68 Å². The third-order valence-corrected chi connectivity index (χ3v) is 6.32. The third kappa shape index (κ3) is 5.60. The number of anilines is 2. The van der Waals surface area contributed by atoms with Gasteiger partial charge in [-0.3, -0.25) is 9.59 Å². The molecule has 11 heteroatoms.